The zero-order valence-corrected chi connectivity index (χ0v) is 32.2. The molecule has 5 aliphatic rings. The van der Waals surface area contributed by atoms with Crippen LogP contribution >= 0.6 is 11.9 Å². The molecule has 2 aliphatic carbocycles. The number of amidine groups is 1. The van der Waals surface area contributed by atoms with Crippen molar-refractivity contribution in [1.82, 2.24) is 34.8 Å². The van der Waals surface area contributed by atoms with Crippen LogP contribution in [-0.2, 0) is 9.53 Å². The Morgan fingerprint density at radius 3 is 2.41 bits per heavy atom. The van der Waals surface area contributed by atoms with Gasteiger partial charge in [0.1, 0.15) is 17.7 Å². The summed E-state index contributed by atoms with van der Waals surface area (Å²) >= 11 is 1.55. The molecule has 1 saturated carbocycles. The second-order valence-corrected chi connectivity index (χ2v) is 16.7. The van der Waals surface area contributed by atoms with Crippen LogP contribution in [0.2, 0.25) is 0 Å². The number of pyridine rings is 1. The van der Waals surface area contributed by atoms with Crippen LogP contribution in [0.3, 0.4) is 0 Å². The maximum Gasteiger partial charge on any atom is 0.407 e. The van der Waals surface area contributed by atoms with Crippen LogP contribution in [0, 0.1) is 5.92 Å². The summed E-state index contributed by atoms with van der Waals surface area (Å²) in [4.78, 5) is 49.6. The number of aliphatic imine (C=N–C) groups is 1. The van der Waals surface area contributed by atoms with Crippen LogP contribution in [0.15, 0.2) is 64.7 Å². The maximum atomic E-state index is 13.7. The standard InChI is InChI=1S/C42H48N8O3S/c1-23(2)37(47-42(52)53-4)41(51)50-18-6-8-33(50)40-45-30-16-15-26(20-34(30)54-48-40)29-21-43-38(36-28-14-13-27(19-28)35(29)36)25-11-9-24(10-12-25)31-22-44-39(46-31)32-7-5-17-49(32)3/h9-12,15-16,20-23,27-28,32-33,37H,5-8,13-14,17-19H2,1-4H3,(H,44,46)(H,45,48)(H,47,52). The number of carbonyl (C=O) groups excluding carboxylic acids is 2. The van der Waals surface area contributed by atoms with Crippen molar-refractivity contribution in [2.45, 2.75) is 93.7 Å². The lowest BCUT2D eigenvalue weighted by molar-refractivity contribution is -0.134. The molecule has 11 nitrogen and oxygen atoms in total. The molecule has 0 radical (unpaired) electrons. The van der Waals surface area contributed by atoms with Crippen LogP contribution in [0.1, 0.15) is 93.6 Å². The Balaban J connectivity index is 0.968. The van der Waals surface area contributed by atoms with Gasteiger partial charge < -0.3 is 24.7 Å². The molecular weight excluding hydrogens is 697 g/mol. The van der Waals surface area contributed by atoms with Crippen molar-refractivity contribution in [3.8, 4) is 33.6 Å². The predicted molar refractivity (Wildman–Crippen MR) is 212 cm³/mol. The first-order valence-electron chi connectivity index (χ1n) is 19.5. The van der Waals surface area contributed by atoms with Gasteiger partial charge in [-0.25, -0.2) is 14.8 Å². The van der Waals surface area contributed by atoms with E-state index in [0.717, 1.165) is 76.1 Å². The predicted octanol–water partition coefficient (Wildman–Crippen LogP) is 7.95. The Kier molecular flexibility index (Phi) is 9.21. The van der Waals surface area contributed by atoms with Gasteiger partial charge in [0.2, 0.25) is 5.91 Å². The molecule has 54 heavy (non-hydrogen) atoms. The molecule has 280 valence electrons. The van der Waals surface area contributed by atoms with Gasteiger partial charge in [0.15, 0.2) is 0 Å². The minimum absolute atomic E-state index is 0.0848. The number of alkyl carbamates (subject to hydrolysis) is 1. The minimum atomic E-state index is -0.666. The maximum absolute atomic E-state index is 13.7. The lowest BCUT2D eigenvalue weighted by Gasteiger charge is -2.32. The van der Waals surface area contributed by atoms with E-state index in [1.807, 2.05) is 24.9 Å². The SMILES string of the molecule is COC(=O)NC(C(=O)N1CCCC1C1=Nc2ccc(-c3cnc(-c4ccc(-c5cnc(C6CCCN6C)[nH]5)cc4)c4c3C3CCC4C3)cc2SN1)C(C)C. The molecule has 4 aromatic rings. The van der Waals surface area contributed by atoms with Gasteiger partial charge in [-0.15, -0.1) is 0 Å². The molecule has 2 saturated heterocycles. The number of fused-ring (bicyclic) bond motifs is 6. The molecule has 0 spiro atoms. The summed E-state index contributed by atoms with van der Waals surface area (Å²) in [6.07, 6.45) is 11.2. The number of rotatable bonds is 8. The lowest BCUT2D eigenvalue weighted by atomic mass is 9.84. The molecule has 2 bridgehead atoms. The number of carbonyl (C=O) groups is 2. The molecule has 5 atom stereocenters. The zero-order valence-electron chi connectivity index (χ0n) is 31.4. The Labute approximate surface area is 320 Å². The summed E-state index contributed by atoms with van der Waals surface area (Å²) in [6.45, 7) is 5.60. The smallest absolute Gasteiger partial charge is 0.407 e. The van der Waals surface area contributed by atoms with E-state index in [9.17, 15) is 9.59 Å². The van der Waals surface area contributed by atoms with E-state index in [-0.39, 0.29) is 17.9 Å². The second kappa shape index (κ2) is 14.2. The summed E-state index contributed by atoms with van der Waals surface area (Å²) < 4.78 is 8.28. The van der Waals surface area contributed by atoms with E-state index in [0.29, 0.717) is 24.4 Å². The van der Waals surface area contributed by atoms with Crippen LogP contribution in [0.5, 0.6) is 0 Å². The Morgan fingerprint density at radius 1 is 0.907 bits per heavy atom. The highest BCUT2D eigenvalue weighted by atomic mass is 32.2. The molecular formula is C42H48N8O3S. The largest absolute Gasteiger partial charge is 0.453 e. The Morgan fingerprint density at radius 2 is 1.65 bits per heavy atom. The van der Waals surface area contributed by atoms with Crippen molar-refractivity contribution in [2.75, 3.05) is 27.2 Å². The van der Waals surface area contributed by atoms with Gasteiger partial charge in [-0.3, -0.25) is 14.7 Å². The van der Waals surface area contributed by atoms with E-state index in [1.54, 1.807) is 11.9 Å². The molecule has 3 aliphatic heterocycles. The molecule has 2 amide bonds. The van der Waals surface area contributed by atoms with Crippen LogP contribution < -0.4 is 10.0 Å². The normalized spacial score (nSPS) is 23.6. The summed E-state index contributed by atoms with van der Waals surface area (Å²) in [6, 6.07) is 14.9. The average molecular weight is 745 g/mol. The molecule has 2 aromatic carbocycles. The quantitative estimate of drug-likeness (QED) is 0.155. The van der Waals surface area contributed by atoms with Crippen LogP contribution in [0.25, 0.3) is 33.6 Å². The molecule has 5 unspecified atom stereocenters. The molecule has 3 N–H and O–H groups in total. The highest BCUT2D eigenvalue weighted by Gasteiger charge is 2.42. The first-order chi connectivity index (χ1) is 26.3. The number of methoxy groups -OCH3 is 1. The van der Waals surface area contributed by atoms with Crippen molar-refractivity contribution in [2.24, 2.45) is 10.9 Å². The van der Waals surface area contributed by atoms with Crippen molar-refractivity contribution < 1.29 is 14.3 Å². The lowest BCUT2D eigenvalue weighted by Crippen LogP contribution is -2.54. The van der Waals surface area contributed by atoms with E-state index in [2.05, 4.69) is 75.6 Å². The van der Waals surface area contributed by atoms with E-state index < -0.39 is 12.1 Å². The summed E-state index contributed by atoms with van der Waals surface area (Å²) in [5, 5.41) is 2.73. The number of amides is 2. The second-order valence-electron chi connectivity index (χ2n) is 15.9. The van der Waals surface area contributed by atoms with Gasteiger partial charge in [-0.2, -0.15) is 0 Å². The number of imidazole rings is 1. The van der Waals surface area contributed by atoms with Gasteiger partial charge in [0, 0.05) is 23.9 Å². The first-order valence-corrected chi connectivity index (χ1v) is 20.3. The van der Waals surface area contributed by atoms with Gasteiger partial charge in [-0.05, 0) is 123 Å². The van der Waals surface area contributed by atoms with Crippen molar-refractivity contribution in [3.63, 3.8) is 0 Å². The summed E-state index contributed by atoms with van der Waals surface area (Å²) in [5.41, 5.74) is 10.7. The number of nitrogens with one attached hydrogen (secondary N) is 3. The highest BCUT2D eigenvalue weighted by Crippen LogP contribution is 2.58. The van der Waals surface area contributed by atoms with E-state index in [1.165, 1.54) is 49.5 Å². The molecule has 5 heterocycles. The third kappa shape index (κ3) is 6.17. The fourth-order valence-corrected chi connectivity index (χ4v) is 10.3. The van der Waals surface area contributed by atoms with Crippen molar-refractivity contribution in [1.29, 1.82) is 0 Å². The fourth-order valence-electron chi connectivity index (χ4n) is 9.53. The van der Waals surface area contributed by atoms with E-state index >= 15 is 0 Å². The van der Waals surface area contributed by atoms with E-state index in [4.69, 9.17) is 19.7 Å². The zero-order chi connectivity index (χ0) is 37.1. The third-order valence-electron chi connectivity index (χ3n) is 12.3. The van der Waals surface area contributed by atoms with Crippen molar-refractivity contribution in [3.05, 3.63) is 71.8 Å². The number of H-pyrrole nitrogens is 1. The van der Waals surface area contributed by atoms with Crippen LogP contribution in [0.4, 0.5) is 10.5 Å². The monoisotopic (exact) mass is 744 g/mol. The number of hydrogen-bond acceptors (Lipinski definition) is 9. The van der Waals surface area contributed by atoms with Crippen molar-refractivity contribution >= 4 is 35.5 Å². The number of aromatic amines is 1. The minimum Gasteiger partial charge on any atom is -0.453 e. The molecule has 9 rings (SSSR count). The number of hydrogen-bond donors (Lipinski definition) is 3. The van der Waals surface area contributed by atoms with Gasteiger partial charge in [0.05, 0.1) is 47.4 Å². The molecule has 2 aromatic heterocycles. The number of benzene rings is 2. The summed E-state index contributed by atoms with van der Waals surface area (Å²) in [7, 11) is 3.49. The molecule has 3 fully saturated rings. The van der Waals surface area contributed by atoms with Gasteiger partial charge in [-0.1, -0.05) is 44.2 Å². The Hall–Kier alpha value is -4.68. The Bertz CT molecular complexity index is 2130. The highest BCUT2D eigenvalue weighted by molar-refractivity contribution is 7.98. The fraction of sp³-hybridized carbons (Fsp3) is 0.452. The van der Waals surface area contributed by atoms with Crippen LogP contribution in [-0.4, -0.2) is 81.9 Å². The van der Waals surface area contributed by atoms with Gasteiger partial charge >= 0.3 is 6.09 Å². The number of aromatic nitrogens is 3. The number of nitrogens with zero attached hydrogens (tertiary/aromatic N) is 5. The molecule has 12 heteroatoms. The first kappa shape index (κ1) is 35.0. The number of likely N-dealkylation sites (tertiary alicyclic amines) is 2. The van der Waals surface area contributed by atoms with Gasteiger partial charge in [0.25, 0.3) is 0 Å². The topological polar surface area (TPSA) is 128 Å². The summed E-state index contributed by atoms with van der Waals surface area (Å²) in [5.74, 6) is 2.74. The third-order valence-corrected chi connectivity index (χ3v) is 13.2. The number of ether oxygens (including phenoxy) is 1. The average Bonchev–Trinajstić information content (AvgIpc) is 4.05.